The van der Waals surface area contributed by atoms with Crippen LogP contribution in [0.5, 0.6) is 0 Å². The number of hydrogen-bond donors (Lipinski definition) is 0. The second-order valence-corrected chi connectivity index (χ2v) is 6.24. The number of hydrogen-bond acceptors (Lipinski definition) is 0. The molecule has 1 aromatic heterocycles. The predicted molar refractivity (Wildman–Crippen MR) is 105 cm³/mol. The van der Waals surface area contributed by atoms with Gasteiger partial charge in [-0.3, -0.25) is 0 Å². The van der Waals surface area contributed by atoms with Gasteiger partial charge in [0.25, 0.3) is 0 Å². The quantitative estimate of drug-likeness (QED) is 0.396. The molecule has 4 aromatic carbocycles. The first-order valence-electron chi connectivity index (χ1n) is 8.31. The first kappa shape index (κ1) is 14.3. The minimum absolute atomic E-state index is 0.591. The van der Waals surface area contributed by atoms with Crippen LogP contribution in [0.4, 0.5) is 4.32 Å². The summed E-state index contributed by atoms with van der Waals surface area (Å²) in [6.07, 6.45) is 0. The van der Waals surface area contributed by atoms with Crippen molar-refractivity contribution in [2.24, 2.45) is 0 Å². The van der Waals surface area contributed by atoms with Crippen molar-refractivity contribution in [2.45, 2.75) is 0 Å². The smallest absolute Gasteiger partial charge is 0.335 e. The van der Waals surface area contributed by atoms with Crippen LogP contribution in [0.2, 0.25) is 0 Å². The number of para-hydroxylation sites is 1. The van der Waals surface area contributed by atoms with Gasteiger partial charge in [0.1, 0.15) is 0 Å². The molecule has 25 heavy (non-hydrogen) atoms. The third-order valence-corrected chi connectivity index (χ3v) is 4.83. The number of aromatic nitrogens is 1. The average Bonchev–Trinajstić information content (AvgIpc) is 3.01. The van der Waals surface area contributed by atoms with E-state index in [1.165, 1.54) is 10.8 Å². The van der Waals surface area contributed by atoms with Crippen LogP contribution in [0, 0.1) is 0 Å². The molecule has 0 saturated carbocycles. The van der Waals surface area contributed by atoms with E-state index >= 15 is 0 Å². The summed E-state index contributed by atoms with van der Waals surface area (Å²) < 4.78 is 15.3. The van der Waals surface area contributed by atoms with Gasteiger partial charge in [-0.2, -0.15) is 0 Å². The Labute approximate surface area is 145 Å². The monoisotopic (exact) mass is 322 g/mol. The molecule has 0 aliphatic heterocycles. The summed E-state index contributed by atoms with van der Waals surface area (Å²) in [5.41, 5.74) is 3.95. The molecule has 0 N–H and O–H groups in total. The summed E-state index contributed by atoms with van der Waals surface area (Å²) in [5, 5.41) is 4.61. The van der Waals surface area contributed by atoms with E-state index in [2.05, 4.69) is 59.2 Å². The van der Waals surface area contributed by atoms with Crippen LogP contribution in [-0.4, -0.2) is 12.1 Å². The fourth-order valence-electron chi connectivity index (χ4n) is 3.72. The standard InChI is InChI=1S/C22H14BFN/c24-23-16-12-13-22-19(14-16)18-9-3-4-10-21(18)25(22)20-11-5-7-15-6-1-2-8-17(15)20/h1-14H. The SMILES string of the molecule is F[B]c1ccc2c(c1)c1ccccc1n2-c1cccc2ccccc12. The molecule has 0 bridgehead atoms. The van der Waals surface area contributed by atoms with Crippen LogP contribution >= 0.6 is 0 Å². The van der Waals surface area contributed by atoms with E-state index in [4.69, 9.17) is 0 Å². The van der Waals surface area contributed by atoms with Gasteiger partial charge in [0, 0.05) is 16.2 Å². The number of rotatable bonds is 2. The summed E-state index contributed by atoms with van der Waals surface area (Å²) in [7, 11) is 0.656. The molecule has 0 amide bonds. The van der Waals surface area contributed by atoms with E-state index in [0.29, 0.717) is 13.0 Å². The maximum absolute atomic E-state index is 13.1. The maximum atomic E-state index is 13.1. The van der Waals surface area contributed by atoms with Crippen molar-refractivity contribution in [1.82, 2.24) is 4.57 Å². The molecule has 0 aliphatic rings. The maximum Gasteiger partial charge on any atom is 0.391 e. The molecule has 5 aromatic rings. The Bertz CT molecular complexity index is 1230. The first-order chi connectivity index (χ1) is 12.4. The molecular formula is C22H14BFN. The second kappa shape index (κ2) is 5.49. The fraction of sp³-hybridized carbons (Fsp3) is 0. The Morgan fingerprint density at radius 2 is 1.36 bits per heavy atom. The van der Waals surface area contributed by atoms with Gasteiger partial charge in [0.2, 0.25) is 0 Å². The Hall–Kier alpha value is -3.07. The summed E-state index contributed by atoms with van der Waals surface area (Å²) in [4.78, 5) is 0. The van der Waals surface area contributed by atoms with Crippen LogP contribution in [-0.2, 0) is 0 Å². The van der Waals surface area contributed by atoms with E-state index in [9.17, 15) is 4.32 Å². The van der Waals surface area contributed by atoms with Gasteiger partial charge in [-0.1, -0.05) is 66.7 Å². The van der Waals surface area contributed by atoms with Crippen molar-refractivity contribution >= 4 is 45.6 Å². The first-order valence-corrected chi connectivity index (χ1v) is 8.31. The summed E-state index contributed by atoms with van der Waals surface area (Å²) in [6, 6.07) is 28.8. The summed E-state index contributed by atoms with van der Waals surface area (Å²) >= 11 is 0. The molecule has 0 fully saturated rings. The minimum atomic E-state index is 0.591. The Morgan fingerprint density at radius 3 is 2.24 bits per heavy atom. The molecule has 1 radical (unpaired) electrons. The zero-order valence-electron chi connectivity index (χ0n) is 13.5. The highest BCUT2D eigenvalue weighted by Crippen LogP contribution is 2.33. The minimum Gasteiger partial charge on any atom is -0.335 e. The van der Waals surface area contributed by atoms with Gasteiger partial charge in [0.05, 0.1) is 16.7 Å². The van der Waals surface area contributed by atoms with Crippen molar-refractivity contribution in [2.75, 3.05) is 0 Å². The fourth-order valence-corrected chi connectivity index (χ4v) is 3.72. The Morgan fingerprint density at radius 1 is 0.640 bits per heavy atom. The van der Waals surface area contributed by atoms with Gasteiger partial charge in [-0.25, -0.2) is 0 Å². The average molecular weight is 322 g/mol. The number of nitrogens with zero attached hydrogens (tertiary/aromatic N) is 1. The van der Waals surface area contributed by atoms with Gasteiger partial charge in [-0.05, 0) is 29.0 Å². The summed E-state index contributed by atoms with van der Waals surface area (Å²) in [6.45, 7) is 0. The zero-order chi connectivity index (χ0) is 16.8. The normalized spacial score (nSPS) is 11.4. The van der Waals surface area contributed by atoms with Crippen molar-refractivity contribution in [3.05, 3.63) is 84.9 Å². The van der Waals surface area contributed by atoms with E-state index < -0.39 is 0 Å². The van der Waals surface area contributed by atoms with Crippen LogP contribution in [0.15, 0.2) is 84.9 Å². The van der Waals surface area contributed by atoms with Crippen molar-refractivity contribution in [3.8, 4) is 5.69 Å². The number of halogens is 1. The molecule has 0 unspecified atom stereocenters. The molecule has 0 atom stereocenters. The van der Waals surface area contributed by atoms with E-state index in [1.807, 2.05) is 30.3 Å². The Kier molecular flexibility index (Phi) is 3.14. The highest BCUT2D eigenvalue weighted by molar-refractivity contribution is 6.47. The van der Waals surface area contributed by atoms with Crippen molar-refractivity contribution in [1.29, 1.82) is 0 Å². The van der Waals surface area contributed by atoms with Crippen molar-refractivity contribution in [3.63, 3.8) is 0 Å². The van der Waals surface area contributed by atoms with Crippen LogP contribution in [0.1, 0.15) is 0 Å². The lowest BCUT2D eigenvalue weighted by Crippen LogP contribution is -2.08. The molecule has 3 heteroatoms. The lowest BCUT2D eigenvalue weighted by molar-refractivity contribution is 0.885. The highest BCUT2D eigenvalue weighted by atomic mass is 19.1. The Balaban J connectivity index is 1.98. The van der Waals surface area contributed by atoms with Gasteiger partial charge in [0.15, 0.2) is 0 Å². The number of fused-ring (bicyclic) bond motifs is 4. The molecule has 0 aliphatic carbocycles. The zero-order valence-corrected chi connectivity index (χ0v) is 13.5. The van der Waals surface area contributed by atoms with Gasteiger partial charge < -0.3 is 8.88 Å². The van der Waals surface area contributed by atoms with Gasteiger partial charge >= 0.3 is 7.56 Å². The van der Waals surface area contributed by atoms with E-state index in [-0.39, 0.29) is 0 Å². The summed E-state index contributed by atoms with van der Waals surface area (Å²) in [5.74, 6) is 0. The van der Waals surface area contributed by atoms with E-state index in [1.54, 1.807) is 0 Å². The molecule has 117 valence electrons. The van der Waals surface area contributed by atoms with E-state index in [0.717, 1.165) is 27.5 Å². The van der Waals surface area contributed by atoms with Gasteiger partial charge in [-0.15, -0.1) is 0 Å². The third-order valence-electron chi connectivity index (χ3n) is 4.83. The molecular weight excluding hydrogens is 308 g/mol. The molecule has 1 nitrogen and oxygen atoms in total. The lowest BCUT2D eigenvalue weighted by atomic mass is 9.90. The number of benzene rings is 4. The predicted octanol–water partition coefficient (Wildman–Crippen LogP) is 5.15. The van der Waals surface area contributed by atoms with Crippen molar-refractivity contribution < 1.29 is 4.32 Å². The van der Waals surface area contributed by atoms with Crippen LogP contribution in [0.25, 0.3) is 38.3 Å². The van der Waals surface area contributed by atoms with Crippen LogP contribution < -0.4 is 5.46 Å². The lowest BCUT2D eigenvalue weighted by Gasteiger charge is -2.11. The largest absolute Gasteiger partial charge is 0.391 e. The van der Waals surface area contributed by atoms with Crippen LogP contribution in [0.3, 0.4) is 0 Å². The molecule has 5 rings (SSSR count). The molecule has 0 saturated heterocycles. The molecule has 0 spiro atoms. The third kappa shape index (κ3) is 2.09. The second-order valence-electron chi connectivity index (χ2n) is 6.24. The highest BCUT2D eigenvalue weighted by Gasteiger charge is 2.14. The molecule has 1 heterocycles. The topological polar surface area (TPSA) is 4.93 Å².